The van der Waals surface area contributed by atoms with Gasteiger partial charge in [0, 0.05) is 35.8 Å². The number of amides is 3. The van der Waals surface area contributed by atoms with Crippen LogP contribution in [0.15, 0.2) is 60.7 Å². The minimum absolute atomic E-state index is 0.0721. The van der Waals surface area contributed by atoms with E-state index in [-0.39, 0.29) is 23.3 Å². The molecule has 0 spiro atoms. The van der Waals surface area contributed by atoms with E-state index in [0.29, 0.717) is 35.3 Å². The molecule has 6 nitrogen and oxygen atoms in total. The molecule has 0 heterocycles. The summed E-state index contributed by atoms with van der Waals surface area (Å²) in [5.74, 6) is -0.881. The highest BCUT2D eigenvalue weighted by atomic mass is 16.2. The predicted molar refractivity (Wildman–Crippen MR) is 151 cm³/mol. The highest BCUT2D eigenvalue weighted by Crippen LogP contribution is 2.34. The van der Waals surface area contributed by atoms with Crippen molar-refractivity contribution in [2.75, 3.05) is 6.54 Å². The van der Waals surface area contributed by atoms with Gasteiger partial charge in [-0.15, -0.1) is 0 Å². The molecule has 3 aromatic carbocycles. The summed E-state index contributed by atoms with van der Waals surface area (Å²) in [5, 5.41) is 2.98. The average Bonchev–Trinajstić information content (AvgIpc) is 3.71. The molecular weight excluding hydrogens is 474 g/mol. The van der Waals surface area contributed by atoms with E-state index >= 15 is 0 Å². The molecule has 0 unspecified atom stereocenters. The van der Waals surface area contributed by atoms with Crippen molar-refractivity contribution >= 4 is 17.7 Å². The van der Waals surface area contributed by atoms with Gasteiger partial charge in [-0.25, -0.2) is 0 Å². The number of nitrogens with one attached hydrogen (secondary N) is 1. The van der Waals surface area contributed by atoms with Crippen LogP contribution in [-0.4, -0.2) is 35.2 Å². The zero-order chi connectivity index (χ0) is 27.6. The molecule has 0 aromatic heterocycles. The Morgan fingerprint density at radius 3 is 2.16 bits per heavy atom. The number of benzene rings is 3. The first kappa shape index (κ1) is 27.1. The Bertz CT molecular complexity index is 1370. The number of primary amides is 1. The third-order valence-electron chi connectivity index (χ3n) is 6.83. The maximum Gasteiger partial charge on any atom is 0.255 e. The van der Waals surface area contributed by atoms with Gasteiger partial charge in [-0.1, -0.05) is 62.7 Å². The zero-order valence-electron chi connectivity index (χ0n) is 22.9. The molecule has 0 atom stereocenters. The Kier molecular flexibility index (Phi) is 7.72. The van der Waals surface area contributed by atoms with Crippen molar-refractivity contribution in [3.05, 3.63) is 94.0 Å². The second kappa shape index (κ2) is 10.8. The molecule has 0 aliphatic heterocycles. The Balaban J connectivity index is 1.78. The summed E-state index contributed by atoms with van der Waals surface area (Å²) in [7, 11) is 0. The van der Waals surface area contributed by atoms with Gasteiger partial charge in [0.25, 0.3) is 11.8 Å². The molecule has 1 fully saturated rings. The smallest absolute Gasteiger partial charge is 0.255 e. The van der Waals surface area contributed by atoms with Gasteiger partial charge in [-0.2, -0.15) is 0 Å². The third-order valence-corrected chi connectivity index (χ3v) is 6.83. The summed E-state index contributed by atoms with van der Waals surface area (Å²) in [5.41, 5.74) is 11.3. The quantitative estimate of drug-likeness (QED) is 0.409. The minimum Gasteiger partial charge on any atom is -0.366 e. The molecular formula is C32H37N3O3. The predicted octanol–water partition coefficient (Wildman–Crippen LogP) is 5.65. The normalized spacial score (nSPS) is 13.2. The van der Waals surface area contributed by atoms with Gasteiger partial charge < -0.3 is 16.0 Å². The summed E-state index contributed by atoms with van der Waals surface area (Å²) in [6.07, 6.45) is 1.91. The number of nitrogens with two attached hydrogens (primary N) is 1. The van der Waals surface area contributed by atoms with Gasteiger partial charge >= 0.3 is 0 Å². The minimum atomic E-state index is -0.531. The van der Waals surface area contributed by atoms with Crippen LogP contribution in [0.5, 0.6) is 0 Å². The number of hydrogen-bond acceptors (Lipinski definition) is 3. The van der Waals surface area contributed by atoms with Gasteiger partial charge in [-0.05, 0) is 78.6 Å². The van der Waals surface area contributed by atoms with Crippen LogP contribution in [0.1, 0.15) is 81.4 Å². The van der Waals surface area contributed by atoms with Gasteiger partial charge in [0.05, 0.1) is 0 Å². The van der Waals surface area contributed by atoms with Gasteiger partial charge in [0.15, 0.2) is 0 Å². The van der Waals surface area contributed by atoms with Crippen molar-refractivity contribution in [1.29, 1.82) is 0 Å². The van der Waals surface area contributed by atoms with E-state index < -0.39 is 5.91 Å². The molecule has 198 valence electrons. The topological polar surface area (TPSA) is 92.5 Å². The molecule has 0 saturated heterocycles. The maximum absolute atomic E-state index is 14.2. The lowest BCUT2D eigenvalue weighted by atomic mass is 9.91. The Hall–Kier alpha value is -3.93. The fourth-order valence-electron chi connectivity index (χ4n) is 4.41. The molecule has 4 rings (SSSR count). The van der Waals surface area contributed by atoms with E-state index in [4.69, 9.17) is 5.73 Å². The number of hydrogen-bond donors (Lipinski definition) is 2. The van der Waals surface area contributed by atoms with E-state index in [9.17, 15) is 14.4 Å². The summed E-state index contributed by atoms with van der Waals surface area (Å²) in [4.78, 5) is 41.1. The SMILES string of the molecule is Cc1ccc(CN(C(=O)c2cc(C(=O)NCC(C)(C)C)ccc2-c2cc(C(N)=O)ccc2C)C2CC2)cc1. The van der Waals surface area contributed by atoms with Crippen LogP contribution in [0.4, 0.5) is 0 Å². The molecule has 0 bridgehead atoms. The molecule has 3 aromatic rings. The molecule has 6 heteroatoms. The number of carbonyl (C=O) groups is 3. The second-order valence-electron chi connectivity index (χ2n) is 11.5. The van der Waals surface area contributed by atoms with Crippen molar-refractivity contribution in [3.8, 4) is 11.1 Å². The highest BCUT2D eigenvalue weighted by molar-refractivity contribution is 6.05. The Morgan fingerprint density at radius 2 is 1.55 bits per heavy atom. The summed E-state index contributed by atoms with van der Waals surface area (Å²) >= 11 is 0. The fraction of sp³-hybridized carbons (Fsp3) is 0.344. The van der Waals surface area contributed by atoms with Crippen molar-refractivity contribution in [3.63, 3.8) is 0 Å². The van der Waals surface area contributed by atoms with Crippen molar-refractivity contribution < 1.29 is 14.4 Å². The molecule has 3 N–H and O–H groups in total. The largest absolute Gasteiger partial charge is 0.366 e. The average molecular weight is 512 g/mol. The lowest BCUT2D eigenvalue weighted by molar-refractivity contribution is 0.0730. The van der Waals surface area contributed by atoms with Crippen LogP contribution in [0.2, 0.25) is 0 Å². The molecule has 1 aliphatic rings. The number of aryl methyl sites for hydroxylation is 2. The fourth-order valence-corrected chi connectivity index (χ4v) is 4.41. The summed E-state index contributed by atoms with van der Waals surface area (Å²) in [6.45, 7) is 11.1. The van der Waals surface area contributed by atoms with Crippen LogP contribution < -0.4 is 11.1 Å². The van der Waals surface area contributed by atoms with E-state index in [1.807, 2.05) is 30.9 Å². The van der Waals surface area contributed by atoms with Gasteiger partial charge in [-0.3, -0.25) is 14.4 Å². The molecule has 3 amide bonds. The van der Waals surface area contributed by atoms with E-state index in [1.165, 1.54) is 5.56 Å². The van der Waals surface area contributed by atoms with Gasteiger partial charge in [0.1, 0.15) is 0 Å². The number of carbonyl (C=O) groups excluding carboxylic acids is 3. The molecule has 0 radical (unpaired) electrons. The third kappa shape index (κ3) is 6.49. The first-order valence-electron chi connectivity index (χ1n) is 13.1. The summed E-state index contributed by atoms with van der Waals surface area (Å²) in [6, 6.07) is 18.8. The standard InChI is InChI=1S/C32H37N3O3/c1-20-6-9-22(10-7-20)18-35(25-13-14-25)31(38)28-17-24(30(37)34-19-32(3,4)5)12-15-26(28)27-16-23(29(33)36)11-8-21(27)2/h6-12,15-17,25H,13-14,18-19H2,1-5H3,(H2,33,36)(H,34,37). The molecule has 1 aliphatic carbocycles. The van der Waals surface area contributed by atoms with Crippen molar-refractivity contribution in [2.24, 2.45) is 11.1 Å². The zero-order valence-corrected chi connectivity index (χ0v) is 22.9. The van der Waals surface area contributed by atoms with Crippen molar-refractivity contribution in [2.45, 2.75) is 60.0 Å². The van der Waals surface area contributed by atoms with Crippen LogP contribution in [0.25, 0.3) is 11.1 Å². The van der Waals surface area contributed by atoms with Crippen LogP contribution in [0, 0.1) is 19.3 Å². The Morgan fingerprint density at radius 1 is 0.895 bits per heavy atom. The first-order chi connectivity index (χ1) is 17.9. The maximum atomic E-state index is 14.2. The number of rotatable bonds is 8. The van der Waals surface area contributed by atoms with Crippen LogP contribution in [-0.2, 0) is 6.54 Å². The Labute approximate surface area is 225 Å². The van der Waals surface area contributed by atoms with Crippen molar-refractivity contribution in [1.82, 2.24) is 10.2 Å². The van der Waals surface area contributed by atoms with Gasteiger partial charge in [0.2, 0.25) is 5.91 Å². The van der Waals surface area contributed by atoms with Crippen LogP contribution >= 0.6 is 0 Å². The second-order valence-corrected chi connectivity index (χ2v) is 11.5. The van der Waals surface area contributed by atoms with E-state index in [1.54, 1.807) is 24.3 Å². The highest BCUT2D eigenvalue weighted by Gasteiger charge is 2.34. The summed E-state index contributed by atoms with van der Waals surface area (Å²) < 4.78 is 0. The van der Waals surface area contributed by atoms with Crippen LogP contribution in [0.3, 0.4) is 0 Å². The van der Waals surface area contributed by atoms with E-state index in [0.717, 1.165) is 29.5 Å². The lowest BCUT2D eigenvalue weighted by Gasteiger charge is -2.25. The molecule has 1 saturated carbocycles. The molecule has 38 heavy (non-hydrogen) atoms. The monoisotopic (exact) mass is 511 g/mol. The lowest BCUT2D eigenvalue weighted by Crippen LogP contribution is -2.34. The van der Waals surface area contributed by atoms with E-state index in [2.05, 4.69) is 50.4 Å². The number of nitrogens with zero attached hydrogens (tertiary/aromatic N) is 1. The first-order valence-corrected chi connectivity index (χ1v) is 13.1.